The Morgan fingerprint density at radius 2 is 1.41 bits per heavy atom. The topological polar surface area (TPSA) is 82.6 Å². The summed E-state index contributed by atoms with van der Waals surface area (Å²) in [6, 6.07) is 28.9. The first kappa shape index (κ1) is 22.8. The van der Waals surface area contributed by atoms with Crippen molar-refractivity contribution >= 4 is 5.91 Å². The lowest BCUT2D eigenvalue weighted by molar-refractivity contribution is -0.123. The van der Waals surface area contributed by atoms with Crippen molar-refractivity contribution in [3.63, 3.8) is 0 Å². The van der Waals surface area contributed by atoms with E-state index in [0.29, 0.717) is 18.2 Å². The smallest absolute Gasteiger partial charge is 0.258 e. The van der Waals surface area contributed by atoms with Crippen LogP contribution in [0.3, 0.4) is 0 Å². The third-order valence-corrected chi connectivity index (χ3v) is 5.03. The number of methoxy groups -OCH3 is 1. The van der Waals surface area contributed by atoms with Crippen LogP contribution in [0.4, 0.5) is 0 Å². The molecule has 0 saturated carbocycles. The third kappa shape index (κ3) is 6.32. The van der Waals surface area contributed by atoms with E-state index in [2.05, 4.69) is 15.5 Å². The van der Waals surface area contributed by atoms with Crippen LogP contribution in [-0.4, -0.2) is 43.0 Å². The van der Waals surface area contributed by atoms with Gasteiger partial charge in [0.2, 0.25) is 5.88 Å². The lowest BCUT2D eigenvalue weighted by Crippen LogP contribution is -2.32. The summed E-state index contributed by atoms with van der Waals surface area (Å²) in [5.74, 6) is 1.58. The molecule has 0 saturated heterocycles. The molecule has 0 unspecified atom stereocenters. The average molecular weight is 456 g/mol. The van der Waals surface area contributed by atoms with E-state index in [9.17, 15) is 4.79 Å². The SMILES string of the molecule is COc1ccc(-c2ccc(OCCNC(=O)COc3ccc(-c4ccccc4)cc3)nn2)cc1. The first-order valence-electron chi connectivity index (χ1n) is 10.9. The summed E-state index contributed by atoms with van der Waals surface area (Å²) in [6.07, 6.45) is 0. The van der Waals surface area contributed by atoms with E-state index in [1.807, 2.05) is 84.9 Å². The summed E-state index contributed by atoms with van der Waals surface area (Å²) in [4.78, 5) is 12.0. The van der Waals surface area contributed by atoms with Gasteiger partial charge in [0.1, 0.15) is 18.1 Å². The Hall–Kier alpha value is -4.39. The highest BCUT2D eigenvalue weighted by Gasteiger charge is 2.05. The molecule has 172 valence electrons. The fraction of sp³-hybridized carbons (Fsp3) is 0.148. The number of carbonyl (C=O) groups excluding carboxylic acids is 1. The number of hydrogen-bond acceptors (Lipinski definition) is 6. The minimum absolute atomic E-state index is 0.0684. The predicted molar refractivity (Wildman–Crippen MR) is 130 cm³/mol. The van der Waals surface area contributed by atoms with Crippen molar-refractivity contribution in [2.24, 2.45) is 0 Å². The van der Waals surface area contributed by atoms with E-state index in [1.54, 1.807) is 13.2 Å². The second-order valence-corrected chi connectivity index (χ2v) is 7.36. The van der Waals surface area contributed by atoms with Crippen molar-refractivity contribution in [1.29, 1.82) is 0 Å². The molecule has 34 heavy (non-hydrogen) atoms. The number of nitrogens with zero attached hydrogens (tertiary/aromatic N) is 2. The van der Waals surface area contributed by atoms with Crippen LogP contribution in [0, 0.1) is 0 Å². The molecule has 1 N–H and O–H groups in total. The summed E-state index contributed by atoms with van der Waals surface area (Å²) in [5.41, 5.74) is 3.89. The maximum absolute atomic E-state index is 12.0. The van der Waals surface area contributed by atoms with E-state index in [1.165, 1.54) is 0 Å². The van der Waals surface area contributed by atoms with E-state index in [0.717, 1.165) is 28.1 Å². The molecule has 0 atom stereocenters. The normalized spacial score (nSPS) is 10.4. The van der Waals surface area contributed by atoms with Crippen LogP contribution in [0.1, 0.15) is 0 Å². The number of ether oxygens (including phenoxy) is 3. The summed E-state index contributed by atoms with van der Waals surface area (Å²) in [6.45, 7) is 0.534. The second-order valence-electron chi connectivity index (χ2n) is 7.36. The number of aromatic nitrogens is 2. The molecule has 4 aromatic rings. The van der Waals surface area contributed by atoms with Gasteiger partial charge in [-0.1, -0.05) is 42.5 Å². The van der Waals surface area contributed by atoms with Gasteiger partial charge in [0.25, 0.3) is 5.91 Å². The lowest BCUT2D eigenvalue weighted by Gasteiger charge is -2.09. The minimum atomic E-state index is -0.225. The average Bonchev–Trinajstić information content (AvgIpc) is 2.91. The lowest BCUT2D eigenvalue weighted by atomic mass is 10.1. The first-order chi connectivity index (χ1) is 16.7. The second kappa shape index (κ2) is 11.5. The van der Waals surface area contributed by atoms with Crippen molar-refractivity contribution in [3.05, 3.63) is 91.0 Å². The Morgan fingerprint density at radius 3 is 2.09 bits per heavy atom. The van der Waals surface area contributed by atoms with E-state index in [4.69, 9.17) is 14.2 Å². The molecule has 0 aliphatic heterocycles. The molecule has 4 rings (SSSR count). The Bertz CT molecular complexity index is 1180. The summed E-state index contributed by atoms with van der Waals surface area (Å²) >= 11 is 0. The van der Waals surface area contributed by atoms with Gasteiger partial charge in [-0.05, 0) is 53.6 Å². The summed E-state index contributed by atoms with van der Waals surface area (Å²) in [5, 5.41) is 11.0. The fourth-order valence-electron chi connectivity index (χ4n) is 3.23. The molecule has 0 aliphatic rings. The molecule has 1 aromatic heterocycles. The molecule has 0 aliphatic carbocycles. The molecule has 1 amide bonds. The fourth-order valence-corrected chi connectivity index (χ4v) is 3.23. The van der Waals surface area contributed by atoms with E-state index >= 15 is 0 Å². The highest BCUT2D eigenvalue weighted by Crippen LogP contribution is 2.22. The van der Waals surface area contributed by atoms with Gasteiger partial charge in [-0.15, -0.1) is 10.2 Å². The maximum Gasteiger partial charge on any atom is 0.258 e. The van der Waals surface area contributed by atoms with Crippen molar-refractivity contribution < 1.29 is 19.0 Å². The Balaban J connectivity index is 1.16. The Labute approximate surface area is 198 Å². The number of benzene rings is 3. The van der Waals surface area contributed by atoms with Crippen LogP contribution in [0.5, 0.6) is 17.4 Å². The van der Waals surface area contributed by atoms with Gasteiger partial charge in [0.15, 0.2) is 6.61 Å². The molecule has 3 aromatic carbocycles. The number of amides is 1. The molecule has 1 heterocycles. The van der Waals surface area contributed by atoms with E-state index < -0.39 is 0 Å². The van der Waals surface area contributed by atoms with Crippen LogP contribution < -0.4 is 19.5 Å². The maximum atomic E-state index is 12.0. The van der Waals surface area contributed by atoms with Gasteiger partial charge < -0.3 is 19.5 Å². The van der Waals surface area contributed by atoms with Crippen LogP contribution in [0.15, 0.2) is 91.0 Å². The van der Waals surface area contributed by atoms with Crippen LogP contribution in [0.25, 0.3) is 22.4 Å². The summed E-state index contributed by atoms with van der Waals surface area (Å²) in [7, 11) is 1.63. The third-order valence-electron chi connectivity index (χ3n) is 5.03. The molecular formula is C27H25N3O4. The van der Waals surface area contributed by atoms with Crippen LogP contribution in [-0.2, 0) is 4.79 Å². The zero-order valence-electron chi connectivity index (χ0n) is 18.8. The van der Waals surface area contributed by atoms with Gasteiger partial charge in [0, 0.05) is 11.6 Å². The van der Waals surface area contributed by atoms with Gasteiger partial charge >= 0.3 is 0 Å². The molecule has 7 nitrogen and oxygen atoms in total. The van der Waals surface area contributed by atoms with Gasteiger partial charge in [-0.25, -0.2) is 0 Å². The number of rotatable bonds is 10. The molecular weight excluding hydrogens is 430 g/mol. The Morgan fingerprint density at radius 1 is 0.735 bits per heavy atom. The zero-order chi connectivity index (χ0) is 23.6. The first-order valence-corrected chi connectivity index (χ1v) is 10.9. The standard InChI is InChI=1S/C27H25N3O4/c1-32-23-11-9-22(10-12-23)25-15-16-27(30-29-25)33-18-17-28-26(31)19-34-24-13-7-21(8-14-24)20-5-3-2-4-6-20/h2-16H,17-19H2,1H3,(H,28,31). The van der Waals surface area contributed by atoms with Crippen LogP contribution >= 0.6 is 0 Å². The molecule has 0 fully saturated rings. The molecule has 7 heteroatoms. The Kier molecular flexibility index (Phi) is 7.69. The number of carbonyl (C=O) groups is 1. The highest BCUT2D eigenvalue weighted by atomic mass is 16.5. The molecule has 0 radical (unpaired) electrons. The highest BCUT2D eigenvalue weighted by molar-refractivity contribution is 5.77. The van der Waals surface area contributed by atoms with Gasteiger partial charge in [0.05, 0.1) is 19.3 Å². The monoisotopic (exact) mass is 455 g/mol. The van der Waals surface area contributed by atoms with Crippen molar-refractivity contribution in [1.82, 2.24) is 15.5 Å². The van der Waals surface area contributed by atoms with E-state index in [-0.39, 0.29) is 19.1 Å². The van der Waals surface area contributed by atoms with Crippen molar-refractivity contribution in [3.8, 4) is 39.8 Å². The van der Waals surface area contributed by atoms with Crippen LogP contribution in [0.2, 0.25) is 0 Å². The molecule has 0 spiro atoms. The largest absolute Gasteiger partial charge is 0.497 e. The number of nitrogens with one attached hydrogen (secondary N) is 1. The van der Waals surface area contributed by atoms with Gasteiger partial charge in [-0.2, -0.15) is 0 Å². The van der Waals surface area contributed by atoms with Crippen molar-refractivity contribution in [2.45, 2.75) is 0 Å². The van der Waals surface area contributed by atoms with Crippen molar-refractivity contribution in [2.75, 3.05) is 26.9 Å². The molecule has 0 bridgehead atoms. The summed E-state index contributed by atoms with van der Waals surface area (Å²) < 4.78 is 16.3. The minimum Gasteiger partial charge on any atom is -0.497 e. The number of hydrogen-bond donors (Lipinski definition) is 1. The zero-order valence-corrected chi connectivity index (χ0v) is 18.8. The predicted octanol–water partition coefficient (Wildman–Crippen LogP) is 4.39. The quantitative estimate of drug-likeness (QED) is 0.357. The van der Waals surface area contributed by atoms with Gasteiger partial charge in [-0.3, -0.25) is 4.79 Å².